The smallest absolute Gasteiger partial charge is 0.160 e. The fourth-order valence-electron chi connectivity index (χ4n) is 8.92. The zero-order chi connectivity index (χ0) is 43.1. The number of rotatable bonds is 8. The molecule has 0 N–H and O–H groups in total. The van der Waals surface area contributed by atoms with E-state index in [9.17, 15) is 0 Å². The largest absolute Gasteiger partial charge is 0.228 e. The normalized spacial score (nSPS) is 11.4. The van der Waals surface area contributed by atoms with Gasteiger partial charge in [0.25, 0.3) is 0 Å². The average molecular weight is 829 g/mol. The van der Waals surface area contributed by atoms with E-state index in [2.05, 4.69) is 231 Å². The molecular weight excluding hydrogens is 789 g/mol. The maximum atomic E-state index is 5.18. The quantitative estimate of drug-likeness (QED) is 0.153. The molecule has 12 rings (SSSR count). The lowest BCUT2D eigenvalue weighted by atomic mass is 9.99. The topological polar surface area (TPSA) is 51.6 Å². The van der Waals surface area contributed by atoms with E-state index in [0.717, 1.165) is 73.3 Å². The van der Waals surface area contributed by atoms with Crippen LogP contribution in [0.25, 0.3) is 111 Å². The Morgan fingerprint density at radius 3 is 0.815 bits per heavy atom. The third kappa shape index (κ3) is 7.68. The fraction of sp³-hybridized carbons (Fsp3) is 0.0164. The second-order valence-corrected chi connectivity index (χ2v) is 16.7. The van der Waals surface area contributed by atoms with Crippen LogP contribution in [-0.4, -0.2) is 19.9 Å². The monoisotopic (exact) mass is 828 g/mol. The van der Waals surface area contributed by atoms with E-state index < -0.39 is 0 Å². The van der Waals surface area contributed by atoms with Gasteiger partial charge in [-0.05, 0) is 97.0 Å². The van der Waals surface area contributed by atoms with Crippen LogP contribution in [0.1, 0.15) is 11.1 Å². The van der Waals surface area contributed by atoms with Gasteiger partial charge in [-0.1, -0.05) is 194 Å². The summed E-state index contributed by atoms with van der Waals surface area (Å²) >= 11 is 0. The van der Waals surface area contributed by atoms with Gasteiger partial charge in [-0.15, -0.1) is 0 Å². The van der Waals surface area contributed by atoms with Crippen molar-refractivity contribution < 1.29 is 0 Å². The van der Waals surface area contributed by atoms with E-state index >= 15 is 0 Å². The molecule has 0 aliphatic heterocycles. The molecular formula is C61H40N4. The Morgan fingerprint density at radius 1 is 0.215 bits per heavy atom. The highest BCUT2D eigenvalue weighted by atomic mass is 14.9. The highest BCUT2D eigenvalue weighted by Gasteiger charge is 2.15. The number of nitrogens with zero attached hydrogens (tertiary/aromatic N) is 4. The van der Waals surface area contributed by atoms with Gasteiger partial charge in [0.05, 0.1) is 22.8 Å². The summed E-state index contributed by atoms with van der Waals surface area (Å²) in [5.41, 5.74) is 12.2. The van der Waals surface area contributed by atoms with Crippen LogP contribution in [0.3, 0.4) is 0 Å². The third-order valence-electron chi connectivity index (χ3n) is 12.5. The minimum atomic E-state index is 0.707. The fourth-order valence-corrected chi connectivity index (χ4v) is 8.92. The first-order chi connectivity index (χ1) is 32.1. The Hall–Kier alpha value is -8.60. The molecule has 4 heteroatoms. The van der Waals surface area contributed by atoms with Crippen LogP contribution in [0.5, 0.6) is 0 Å². The van der Waals surface area contributed by atoms with Crippen LogP contribution >= 0.6 is 0 Å². The Bertz CT molecular complexity index is 3300. The number of fused-ring (bicyclic) bond motifs is 4. The Balaban J connectivity index is 0.854. The number of aromatic nitrogens is 4. The van der Waals surface area contributed by atoms with Gasteiger partial charge in [-0.2, -0.15) is 0 Å². The van der Waals surface area contributed by atoms with Crippen molar-refractivity contribution in [2.24, 2.45) is 0 Å². The van der Waals surface area contributed by atoms with Crippen LogP contribution in [0, 0.1) is 0 Å². The van der Waals surface area contributed by atoms with Crippen LogP contribution in [0.2, 0.25) is 0 Å². The number of hydrogen-bond acceptors (Lipinski definition) is 4. The van der Waals surface area contributed by atoms with Gasteiger partial charge in [0.1, 0.15) is 0 Å². The Kier molecular flexibility index (Phi) is 9.53. The molecule has 0 aliphatic rings. The summed E-state index contributed by atoms with van der Waals surface area (Å²) in [6.07, 6.45) is 0.795. The lowest BCUT2D eigenvalue weighted by molar-refractivity contribution is 1.17. The molecule has 0 amide bonds. The second-order valence-electron chi connectivity index (χ2n) is 16.7. The molecule has 65 heavy (non-hydrogen) atoms. The van der Waals surface area contributed by atoms with Crippen LogP contribution in [-0.2, 0) is 6.42 Å². The van der Waals surface area contributed by atoms with Crippen molar-refractivity contribution >= 4 is 43.1 Å². The van der Waals surface area contributed by atoms with Crippen LogP contribution in [0.15, 0.2) is 231 Å². The van der Waals surface area contributed by atoms with E-state index in [1.165, 1.54) is 43.4 Å². The van der Waals surface area contributed by atoms with Crippen molar-refractivity contribution in [2.45, 2.75) is 6.42 Å². The molecule has 0 atom stereocenters. The molecule has 0 radical (unpaired) electrons. The van der Waals surface area contributed by atoms with Crippen molar-refractivity contribution in [2.75, 3.05) is 0 Å². The maximum absolute atomic E-state index is 5.18. The lowest BCUT2D eigenvalue weighted by Crippen LogP contribution is -1.97. The second kappa shape index (κ2) is 16.3. The molecule has 304 valence electrons. The van der Waals surface area contributed by atoms with Crippen molar-refractivity contribution in [1.82, 2.24) is 19.9 Å². The standard InChI is InChI=1S/C61H40N4/c1-5-13-48-34-52(29-25-42(48)9-1)58-38-56(62-60(64-58)54-31-27-44-11-3-7-15-50(44)36-54)46-21-17-40(18-22-46)33-41-19-23-47(24-20-41)57-39-59(53-30-26-43-10-2-6-14-49(43)35-53)65-61(63-57)55-32-28-45-12-4-8-16-51(45)37-55/h1-32,34-39H,33H2. The van der Waals surface area contributed by atoms with E-state index in [1.54, 1.807) is 0 Å². The molecule has 2 aromatic heterocycles. The Labute approximate surface area is 377 Å². The maximum Gasteiger partial charge on any atom is 0.160 e. The minimum absolute atomic E-state index is 0.707. The van der Waals surface area contributed by atoms with Gasteiger partial charge in [0, 0.05) is 33.4 Å². The molecule has 0 unspecified atom stereocenters. The highest BCUT2D eigenvalue weighted by Crippen LogP contribution is 2.33. The number of hydrogen-bond donors (Lipinski definition) is 0. The Morgan fingerprint density at radius 2 is 0.477 bits per heavy atom. The zero-order valence-electron chi connectivity index (χ0n) is 35.4. The highest BCUT2D eigenvalue weighted by molar-refractivity contribution is 5.91. The summed E-state index contributed by atoms with van der Waals surface area (Å²) < 4.78 is 0. The average Bonchev–Trinajstić information content (AvgIpc) is 3.38. The predicted molar refractivity (Wildman–Crippen MR) is 270 cm³/mol. The van der Waals surface area contributed by atoms with Crippen molar-refractivity contribution in [3.05, 3.63) is 242 Å². The lowest BCUT2D eigenvalue weighted by Gasteiger charge is -2.12. The van der Waals surface area contributed by atoms with Crippen molar-refractivity contribution in [1.29, 1.82) is 0 Å². The van der Waals surface area contributed by atoms with Gasteiger partial charge in [0.2, 0.25) is 0 Å². The summed E-state index contributed by atoms with van der Waals surface area (Å²) in [6, 6.07) is 81.6. The molecule has 0 spiro atoms. The molecule has 0 saturated heterocycles. The summed E-state index contributed by atoms with van der Waals surface area (Å²) in [6.45, 7) is 0. The first kappa shape index (κ1) is 38.1. The van der Waals surface area contributed by atoms with Gasteiger partial charge in [-0.3, -0.25) is 0 Å². The summed E-state index contributed by atoms with van der Waals surface area (Å²) in [5.74, 6) is 1.41. The molecule has 2 heterocycles. The summed E-state index contributed by atoms with van der Waals surface area (Å²) in [4.78, 5) is 20.7. The number of benzene rings is 10. The van der Waals surface area contributed by atoms with E-state index in [4.69, 9.17) is 19.9 Å². The van der Waals surface area contributed by atoms with Gasteiger partial charge in [-0.25, -0.2) is 19.9 Å². The van der Waals surface area contributed by atoms with Crippen molar-refractivity contribution in [3.63, 3.8) is 0 Å². The molecule has 10 aromatic carbocycles. The molecule has 0 fully saturated rings. The molecule has 0 aliphatic carbocycles. The van der Waals surface area contributed by atoms with Gasteiger partial charge >= 0.3 is 0 Å². The van der Waals surface area contributed by atoms with E-state index in [1.807, 2.05) is 0 Å². The van der Waals surface area contributed by atoms with Crippen molar-refractivity contribution in [3.8, 4) is 67.8 Å². The zero-order valence-corrected chi connectivity index (χ0v) is 35.4. The third-order valence-corrected chi connectivity index (χ3v) is 12.5. The summed E-state index contributed by atoms with van der Waals surface area (Å²) in [7, 11) is 0. The molecule has 12 aromatic rings. The minimum Gasteiger partial charge on any atom is -0.228 e. The first-order valence-corrected chi connectivity index (χ1v) is 22.1. The SMILES string of the molecule is c1ccc2cc(-c3cc(-c4ccc(Cc5ccc(-c6cc(-c7ccc8ccccc8c7)nc(-c7ccc8ccccc8c7)n6)cc5)cc4)nc(-c4ccc5ccccc5c4)n3)ccc2c1. The molecule has 4 nitrogen and oxygen atoms in total. The van der Waals surface area contributed by atoms with E-state index in [0.29, 0.717) is 11.6 Å². The van der Waals surface area contributed by atoms with Crippen LogP contribution < -0.4 is 0 Å². The first-order valence-electron chi connectivity index (χ1n) is 22.1. The van der Waals surface area contributed by atoms with Crippen LogP contribution in [0.4, 0.5) is 0 Å². The van der Waals surface area contributed by atoms with Gasteiger partial charge in [0.15, 0.2) is 11.6 Å². The van der Waals surface area contributed by atoms with E-state index in [-0.39, 0.29) is 0 Å². The predicted octanol–water partition coefficient (Wildman–Crippen LogP) is 15.5. The molecule has 0 saturated carbocycles. The molecule has 0 bridgehead atoms. The summed E-state index contributed by atoms with van der Waals surface area (Å²) in [5, 5.41) is 9.49. The van der Waals surface area contributed by atoms with Gasteiger partial charge < -0.3 is 0 Å².